The van der Waals surface area contributed by atoms with Crippen LogP contribution in [0.3, 0.4) is 0 Å². The fourth-order valence-corrected chi connectivity index (χ4v) is 10.9. The van der Waals surface area contributed by atoms with Gasteiger partial charge in [-0.05, 0) is 141 Å². The molecule has 8 fully saturated rings. The summed E-state index contributed by atoms with van der Waals surface area (Å²) in [6.45, 7) is 0. The van der Waals surface area contributed by atoms with E-state index < -0.39 is 11.9 Å². The maximum atomic E-state index is 12.8. The third kappa shape index (κ3) is 2.61. The van der Waals surface area contributed by atoms with E-state index in [0.29, 0.717) is 17.8 Å². The molecule has 0 aliphatic heterocycles. The lowest BCUT2D eigenvalue weighted by Gasteiger charge is -2.61. The van der Waals surface area contributed by atoms with Gasteiger partial charge in [0.25, 0.3) is 0 Å². The molecule has 8 saturated carbocycles. The van der Waals surface area contributed by atoms with Gasteiger partial charge >= 0.3 is 11.9 Å². The minimum Gasteiger partial charge on any atom is -0.478 e. The Bertz CT molecular complexity index is 950. The van der Waals surface area contributed by atoms with Crippen molar-refractivity contribution in [3.8, 4) is 0 Å². The summed E-state index contributed by atoms with van der Waals surface area (Å²) < 4.78 is 0. The lowest BCUT2D eigenvalue weighted by atomic mass is 9.43. The molecule has 1 aromatic carbocycles. The van der Waals surface area contributed by atoms with Crippen LogP contribution in [0.2, 0.25) is 0 Å². The van der Waals surface area contributed by atoms with Crippen molar-refractivity contribution >= 4 is 11.9 Å². The molecule has 0 amide bonds. The van der Waals surface area contributed by atoms with Gasteiger partial charge in [0.15, 0.2) is 0 Å². The second kappa shape index (κ2) is 6.39. The van der Waals surface area contributed by atoms with E-state index in [4.69, 9.17) is 0 Å². The van der Waals surface area contributed by atoms with Crippen LogP contribution in [0.1, 0.15) is 109 Å². The number of carboxylic acid groups (broad SMARTS) is 2. The van der Waals surface area contributed by atoms with Crippen LogP contribution in [0.5, 0.6) is 0 Å². The summed E-state index contributed by atoms with van der Waals surface area (Å²) >= 11 is 0. The van der Waals surface area contributed by atoms with Gasteiger partial charge < -0.3 is 10.2 Å². The molecule has 2 N–H and O–H groups in total. The summed E-state index contributed by atoms with van der Waals surface area (Å²) in [6, 6.07) is 3.74. The minimum atomic E-state index is -1.09. The molecule has 8 aliphatic rings. The predicted octanol–water partition coefficient (Wildman–Crippen LogP) is 6.02. The highest BCUT2D eigenvalue weighted by Gasteiger charge is 2.57. The van der Waals surface area contributed by atoms with Crippen molar-refractivity contribution in [3.63, 3.8) is 0 Å². The van der Waals surface area contributed by atoms with Crippen LogP contribution in [0.25, 0.3) is 0 Å². The maximum absolute atomic E-state index is 12.8. The maximum Gasteiger partial charge on any atom is 0.336 e. The van der Waals surface area contributed by atoms with Crippen LogP contribution < -0.4 is 0 Å². The van der Waals surface area contributed by atoms with Crippen molar-refractivity contribution in [1.82, 2.24) is 0 Å². The zero-order valence-electron chi connectivity index (χ0n) is 18.8. The molecule has 1 aromatic rings. The second-order valence-corrected chi connectivity index (χ2v) is 12.9. The van der Waals surface area contributed by atoms with Crippen molar-refractivity contribution in [3.05, 3.63) is 34.4 Å². The highest BCUT2D eigenvalue weighted by atomic mass is 16.4. The van der Waals surface area contributed by atoms with Crippen molar-refractivity contribution in [2.75, 3.05) is 0 Å². The van der Waals surface area contributed by atoms with Crippen LogP contribution >= 0.6 is 0 Å². The van der Waals surface area contributed by atoms with E-state index in [-0.39, 0.29) is 22.0 Å². The van der Waals surface area contributed by atoms with E-state index in [1.807, 2.05) is 0 Å². The molecule has 0 spiro atoms. The van der Waals surface area contributed by atoms with Gasteiger partial charge in [0.2, 0.25) is 0 Å². The fraction of sp³-hybridized carbons (Fsp3) is 0.714. The average molecular weight is 435 g/mol. The van der Waals surface area contributed by atoms with Crippen LogP contribution in [-0.4, -0.2) is 22.2 Å². The van der Waals surface area contributed by atoms with Gasteiger partial charge in [-0.15, -0.1) is 0 Å². The molecule has 0 aromatic heterocycles. The Morgan fingerprint density at radius 3 is 1.41 bits per heavy atom. The molecule has 0 atom stereocenters. The zero-order chi connectivity index (χ0) is 21.8. The van der Waals surface area contributed by atoms with Gasteiger partial charge in [-0.2, -0.15) is 0 Å². The standard InChI is InChI=1S/C28H34O4/c29-25(30)21-1-2-22(27-9-15-3-16(10-27)5-17(4-15)11-27)24(23(21)26(31)32)28-12-18-6-19(13-28)8-20(7-18)14-28/h1-2,15-20H,3-14H2,(H,29,30)(H,31,32). The van der Waals surface area contributed by atoms with Gasteiger partial charge in [-0.3, -0.25) is 0 Å². The molecule has 0 radical (unpaired) electrons. The number of aromatic carboxylic acids is 2. The number of hydrogen-bond donors (Lipinski definition) is 2. The predicted molar refractivity (Wildman–Crippen MR) is 120 cm³/mol. The molecule has 4 nitrogen and oxygen atoms in total. The molecule has 9 rings (SSSR count). The lowest BCUT2D eigenvalue weighted by molar-refractivity contribution is -0.0179. The number of carboxylic acids is 2. The average Bonchev–Trinajstić information content (AvgIpc) is 2.70. The quantitative estimate of drug-likeness (QED) is 0.608. The van der Waals surface area contributed by atoms with Gasteiger partial charge in [-0.25, -0.2) is 9.59 Å². The third-order valence-electron chi connectivity index (χ3n) is 10.8. The first-order chi connectivity index (χ1) is 15.3. The summed E-state index contributed by atoms with van der Waals surface area (Å²) in [5.74, 6) is 2.29. The highest BCUT2D eigenvalue weighted by molar-refractivity contribution is 6.03. The number of hydrogen-bond acceptors (Lipinski definition) is 2. The first-order valence-corrected chi connectivity index (χ1v) is 13.0. The molecule has 4 heteroatoms. The minimum absolute atomic E-state index is 0.0109. The summed E-state index contributed by atoms with van der Waals surface area (Å²) in [6.07, 6.45) is 14.7. The summed E-state index contributed by atoms with van der Waals surface area (Å²) in [5, 5.41) is 20.4. The van der Waals surface area contributed by atoms with E-state index in [2.05, 4.69) is 6.07 Å². The van der Waals surface area contributed by atoms with Crippen LogP contribution in [-0.2, 0) is 10.8 Å². The summed E-state index contributed by atoms with van der Waals surface area (Å²) in [5.41, 5.74) is 2.37. The SMILES string of the molecule is O=C(O)c1ccc(C23CC4CC(CC(C4)C2)C3)c(C23CC4CC(CC(C4)C2)C3)c1C(=O)O. The van der Waals surface area contributed by atoms with E-state index in [9.17, 15) is 19.8 Å². The molecule has 8 aliphatic carbocycles. The monoisotopic (exact) mass is 434 g/mol. The van der Waals surface area contributed by atoms with Gasteiger partial charge in [0.05, 0.1) is 11.1 Å². The normalized spacial score (nSPS) is 45.4. The molecular formula is C28H34O4. The summed E-state index contributed by atoms with van der Waals surface area (Å²) in [7, 11) is 0. The van der Waals surface area contributed by atoms with E-state index in [0.717, 1.165) is 42.6 Å². The molecule has 32 heavy (non-hydrogen) atoms. The first kappa shape index (κ1) is 19.6. The van der Waals surface area contributed by atoms with Gasteiger partial charge in [-0.1, -0.05) is 6.07 Å². The Labute approximate surface area is 189 Å². The largest absolute Gasteiger partial charge is 0.478 e. The zero-order valence-corrected chi connectivity index (χ0v) is 18.8. The van der Waals surface area contributed by atoms with Gasteiger partial charge in [0.1, 0.15) is 0 Å². The molecule has 0 unspecified atom stereocenters. The Kier molecular flexibility index (Phi) is 3.92. The van der Waals surface area contributed by atoms with E-state index in [1.54, 1.807) is 6.07 Å². The second-order valence-electron chi connectivity index (χ2n) is 12.9. The Morgan fingerprint density at radius 1 is 0.625 bits per heavy atom. The molecule has 8 bridgehead atoms. The molecular weight excluding hydrogens is 400 g/mol. The number of carbonyl (C=O) groups is 2. The van der Waals surface area contributed by atoms with Crippen molar-refractivity contribution in [2.45, 2.75) is 87.9 Å². The molecule has 170 valence electrons. The molecule has 0 saturated heterocycles. The Morgan fingerprint density at radius 2 is 1.03 bits per heavy atom. The van der Waals surface area contributed by atoms with Crippen molar-refractivity contribution in [2.24, 2.45) is 35.5 Å². The number of benzene rings is 1. The lowest BCUT2D eigenvalue weighted by Crippen LogP contribution is -2.53. The molecule has 0 heterocycles. The smallest absolute Gasteiger partial charge is 0.336 e. The fourth-order valence-electron chi connectivity index (χ4n) is 10.9. The first-order valence-electron chi connectivity index (χ1n) is 13.0. The van der Waals surface area contributed by atoms with Gasteiger partial charge in [0, 0.05) is 0 Å². The topological polar surface area (TPSA) is 74.6 Å². The summed E-state index contributed by atoms with van der Waals surface area (Å²) in [4.78, 5) is 25.0. The van der Waals surface area contributed by atoms with E-state index >= 15 is 0 Å². The highest BCUT2D eigenvalue weighted by Crippen LogP contribution is 2.66. The van der Waals surface area contributed by atoms with Crippen LogP contribution in [0.15, 0.2) is 12.1 Å². The van der Waals surface area contributed by atoms with Crippen LogP contribution in [0, 0.1) is 35.5 Å². The Hall–Kier alpha value is -1.84. The van der Waals surface area contributed by atoms with Crippen molar-refractivity contribution < 1.29 is 19.8 Å². The van der Waals surface area contributed by atoms with E-state index in [1.165, 1.54) is 63.4 Å². The Balaban J connectivity index is 1.48. The van der Waals surface area contributed by atoms with Crippen molar-refractivity contribution in [1.29, 1.82) is 0 Å². The van der Waals surface area contributed by atoms with Crippen LogP contribution in [0.4, 0.5) is 0 Å². The third-order valence-corrected chi connectivity index (χ3v) is 10.8. The number of rotatable bonds is 4.